The Bertz CT molecular complexity index is 405. The molecule has 1 fully saturated rings. The van der Waals surface area contributed by atoms with Crippen molar-refractivity contribution in [2.75, 3.05) is 26.3 Å². The highest BCUT2D eigenvalue weighted by molar-refractivity contribution is 5.21. The maximum Gasteiger partial charge on any atom is 0.0619 e. The van der Waals surface area contributed by atoms with Crippen LogP contribution in [0.15, 0.2) is 30.3 Å². The Kier molecular flexibility index (Phi) is 5.19. The van der Waals surface area contributed by atoms with E-state index in [1.807, 2.05) is 0 Å². The molecule has 1 aromatic rings. The van der Waals surface area contributed by atoms with Crippen LogP contribution in [0.25, 0.3) is 0 Å². The summed E-state index contributed by atoms with van der Waals surface area (Å²) in [4.78, 5) is 2.58. The van der Waals surface area contributed by atoms with E-state index >= 15 is 0 Å². The number of piperazine rings is 1. The van der Waals surface area contributed by atoms with Gasteiger partial charge in [-0.05, 0) is 33.3 Å². The van der Waals surface area contributed by atoms with Crippen molar-refractivity contribution in [1.29, 1.82) is 0 Å². The summed E-state index contributed by atoms with van der Waals surface area (Å²) in [7, 11) is 0. The highest BCUT2D eigenvalue weighted by Crippen LogP contribution is 2.28. The monoisotopic (exact) mass is 276 g/mol. The van der Waals surface area contributed by atoms with Crippen LogP contribution in [0.3, 0.4) is 0 Å². The van der Waals surface area contributed by atoms with E-state index in [-0.39, 0.29) is 5.54 Å². The fourth-order valence-corrected chi connectivity index (χ4v) is 2.94. The standard InChI is InChI=1S/C17H28N2O/c1-5-20-12-14(2)19-13-17(3,4)18-11-16(19)15-9-7-6-8-10-15/h6-10,14,16,18H,5,11-13H2,1-4H3. The lowest BCUT2D eigenvalue weighted by molar-refractivity contribution is 0.0126. The molecule has 0 saturated carbocycles. The largest absolute Gasteiger partial charge is 0.380 e. The average Bonchev–Trinajstić information content (AvgIpc) is 2.44. The molecule has 1 saturated heterocycles. The number of rotatable bonds is 5. The Labute approximate surface area is 123 Å². The number of benzene rings is 1. The van der Waals surface area contributed by atoms with Gasteiger partial charge in [-0.3, -0.25) is 4.90 Å². The van der Waals surface area contributed by atoms with Crippen molar-refractivity contribution >= 4 is 0 Å². The van der Waals surface area contributed by atoms with Crippen LogP contribution in [-0.2, 0) is 4.74 Å². The molecular formula is C17H28N2O. The smallest absolute Gasteiger partial charge is 0.0619 e. The lowest BCUT2D eigenvalue weighted by Crippen LogP contribution is -2.60. The van der Waals surface area contributed by atoms with Crippen LogP contribution in [0.5, 0.6) is 0 Å². The number of nitrogens with one attached hydrogen (secondary N) is 1. The summed E-state index contributed by atoms with van der Waals surface area (Å²) in [5.74, 6) is 0. The van der Waals surface area contributed by atoms with Gasteiger partial charge in [0.05, 0.1) is 6.61 Å². The van der Waals surface area contributed by atoms with Crippen LogP contribution in [0.1, 0.15) is 39.3 Å². The molecule has 1 aliphatic heterocycles. The Morgan fingerprint density at radius 2 is 2.05 bits per heavy atom. The second-order valence-electron chi connectivity index (χ2n) is 6.37. The van der Waals surface area contributed by atoms with Crippen molar-refractivity contribution in [3.8, 4) is 0 Å². The third-order valence-corrected chi connectivity index (χ3v) is 4.07. The summed E-state index contributed by atoms with van der Waals surface area (Å²) in [5, 5.41) is 3.67. The number of ether oxygens (including phenoxy) is 1. The van der Waals surface area contributed by atoms with Gasteiger partial charge in [-0.25, -0.2) is 0 Å². The molecule has 1 heterocycles. The molecule has 0 spiro atoms. The first-order chi connectivity index (χ1) is 9.53. The van der Waals surface area contributed by atoms with Gasteiger partial charge in [-0.15, -0.1) is 0 Å². The first kappa shape index (κ1) is 15.5. The number of hydrogen-bond donors (Lipinski definition) is 1. The highest BCUT2D eigenvalue weighted by atomic mass is 16.5. The van der Waals surface area contributed by atoms with Crippen molar-refractivity contribution in [3.63, 3.8) is 0 Å². The first-order valence-corrected chi connectivity index (χ1v) is 7.67. The maximum atomic E-state index is 5.64. The zero-order valence-electron chi connectivity index (χ0n) is 13.2. The molecule has 2 rings (SSSR count). The van der Waals surface area contributed by atoms with E-state index in [9.17, 15) is 0 Å². The predicted octanol–water partition coefficient (Wildman–Crippen LogP) is 2.84. The van der Waals surface area contributed by atoms with E-state index in [1.165, 1.54) is 5.56 Å². The Hall–Kier alpha value is -0.900. The molecule has 2 unspecified atom stereocenters. The SMILES string of the molecule is CCOCC(C)N1CC(C)(C)NCC1c1ccccc1. The van der Waals surface area contributed by atoms with Gasteiger partial charge in [-0.2, -0.15) is 0 Å². The molecular weight excluding hydrogens is 248 g/mol. The van der Waals surface area contributed by atoms with Gasteiger partial charge in [0.15, 0.2) is 0 Å². The fraction of sp³-hybridized carbons (Fsp3) is 0.647. The van der Waals surface area contributed by atoms with E-state index < -0.39 is 0 Å². The van der Waals surface area contributed by atoms with Gasteiger partial charge in [0.2, 0.25) is 0 Å². The fourth-order valence-electron chi connectivity index (χ4n) is 2.94. The Morgan fingerprint density at radius 1 is 1.35 bits per heavy atom. The third-order valence-electron chi connectivity index (χ3n) is 4.07. The van der Waals surface area contributed by atoms with Gasteiger partial charge < -0.3 is 10.1 Å². The zero-order chi connectivity index (χ0) is 14.6. The quantitative estimate of drug-likeness (QED) is 0.895. The van der Waals surface area contributed by atoms with Crippen LogP contribution in [0.2, 0.25) is 0 Å². The minimum absolute atomic E-state index is 0.158. The lowest BCUT2D eigenvalue weighted by atomic mass is 9.93. The Balaban J connectivity index is 2.16. The van der Waals surface area contributed by atoms with Gasteiger partial charge in [-0.1, -0.05) is 30.3 Å². The van der Waals surface area contributed by atoms with Crippen molar-refractivity contribution in [1.82, 2.24) is 10.2 Å². The van der Waals surface area contributed by atoms with Crippen molar-refractivity contribution in [3.05, 3.63) is 35.9 Å². The first-order valence-electron chi connectivity index (χ1n) is 7.67. The van der Waals surface area contributed by atoms with Crippen LogP contribution in [-0.4, -0.2) is 42.8 Å². The molecule has 0 aromatic heterocycles. The number of hydrogen-bond acceptors (Lipinski definition) is 3. The lowest BCUT2D eigenvalue weighted by Gasteiger charge is -2.47. The van der Waals surface area contributed by atoms with Gasteiger partial charge in [0, 0.05) is 37.3 Å². The van der Waals surface area contributed by atoms with Crippen molar-refractivity contribution in [2.24, 2.45) is 0 Å². The molecule has 1 aromatic carbocycles. The molecule has 0 radical (unpaired) electrons. The van der Waals surface area contributed by atoms with Gasteiger partial charge in [0.1, 0.15) is 0 Å². The van der Waals surface area contributed by atoms with Crippen molar-refractivity contribution < 1.29 is 4.74 Å². The topological polar surface area (TPSA) is 24.5 Å². The molecule has 1 N–H and O–H groups in total. The number of nitrogens with zero attached hydrogens (tertiary/aromatic N) is 1. The molecule has 0 bridgehead atoms. The minimum Gasteiger partial charge on any atom is -0.380 e. The average molecular weight is 276 g/mol. The van der Waals surface area contributed by atoms with E-state index in [0.717, 1.165) is 26.3 Å². The summed E-state index contributed by atoms with van der Waals surface area (Å²) in [6, 6.07) is 11.6. The second-order valence-corrected chi connectivity index (χ2v) is 6.37. The normalized spacial score (nSPS) is 24.5. The van der Waals surface area contributed by atoms with E-state index in [0.29, 0.717) is 12.1 Å². The van der Waals surface area contributed by atoms with Crippen LogP contribution < -0.4 is 5.32 Å². The van der Waals surface area contributed by atoms with Gasteiger partial charge in [0.25, 0.3) is 0 Å². The predicted molar refractivity (Wildman–Crippen MR) is 83.9 cm³/mol. The molecule has 2 atom stereocenters. The third kappa shape index (κ3) is 3.81. The molecule has 0 amide bonds. The van der Waals surface area contributed by atoms with Gasteiger partial charge >= 0.3 is 0 Å². The summed E-state index contributed by atoms with van der Waals surface area (Å²) in [6.07, 6.45) is 0. The molecule has 1 aliphatic rings. The molecule has 112 valence electrons. The summed E-state index contributed by atoms with van der Waals surface area (Å²) < 4.78 is 5.64. The van der Waals surface area contributed by atoms with Crippen molar-refractivity contribution in [2.45, 2.75) is 45.3 Å². The molecule has 20 heavy (non-hydrogen) atoms. The van der Waals surface area contributed by atoms with E-state index in [2.05, 4.69) is 68.2 Å². The van der Waals surface area contributed by atoms with E-state index in [1.54, 1.807) is 0 Å². The summed E-state index contributed by atoms with van der Waals surface area (Å²) in [5.41, 5.74) is 1.55. The molecule has 0 aliphatic carbocycles. The Morgan fingerprint density at radius 3 is 2.70 bits per heavy atom. The molecule has 3 heteroatoms. The summed E-state index contributed by atoms with van der Waals surface area (Å²) >= 11 is 0. The van der Waals surface area contributed by atoms with Crippen LogP contribution in [0, 0.1) is 0 Å². The van der Waals surface area contributed by atoms with Crippen LogP contribution >= 0.6 is 0 Å². The second kappa shape index (κ2) is 6.70. The van der Waals surface area contributed by atoms with E-state index in [4.69, 9.17) is 4.74 Å². The maximum absolute atomic E-state index is 5.64. The summed E-state index contributed by atoms with van der Waals surface area (Å²) in [6.45, 7) is 12.5. The highest BCUT2D eigenvalue weighted by Gasteiger charge is 2.35. The zero-order valence-corrected chi connectivity index (χ0v) is 13.2. The molecule has 3 nitrogen and oxygen atoms in total. The minimum atomic E-state index is 0.158. The van der Waals surface area contributed by atoms with Crippen LogP contribution in [0.4, 0.5) is 0 Å².